The summed E-state index contributed by atoms with van der Waals surface area (Å²) < 4.78 is 5.59. The zero-order valence-electron chi connectivity index (χ0n) is 10.8. The molecule has 0 radical (unpaired) electrons. The molecule has 2 aromatic rings. The van der Waals surface area contributed by atoms with Crippen molar-refractivity contribution < 1.29 is 4.74 Å². The van der Waals surface area contributed by atoms with E-state index in [4.69, 9.17) is 4.74 Å². The predicted octanol–water partition coefficient (Wildman–Crippen LogP) is 3.49. The molecule has 0 atom stereocenters. The second-order valence-corrected chi connectivity index (χ2v) is 4.55. The molecule has 0 N–H and O–H groups in total. The lowest BCUT2D eigenvalue weighted by atomic mass is 10.1. The minimum atomic E-state index is 0.0846. The van der Waals surface area contributed by atoms with Crippen LogP contribution in [0.3, 0.4) is 0 Å². The average Bonchev–Trinajstić information content (AvgIpc) is 2.80. The molecule has 4 nitrogen and oxygen atoms in total. The number of ether oxygens (including phenoxy) is 1. The molecule has 0 bridgehead atoms. The molecular weight excluding hydrogens is 240 g/mol. The molecule has 1 aromatic carbocycles. The summed E-state index contributed by atoms with van der Waals surface area (Å²) in [4.78, 5) is 4.33. The van der Waals surface area contributed by atoms with E-state index in [0.717, 1.165) is 40.1 Å². The lowest BCUT2D eigenvalue weighted by Gasteiger charge is -2.24. The van der Waals surface area contributed by atoms with Gasteiger partial charge in [0.1, 0.15) is 5.76 Å². The van der Waals surface area contributed by atoms with Gasteiger partial charge in [0.05, 0.1) is 5.52 Å². The quantitative estimate of drug-likeness (QED) is 0.842. The molecule has 0 unspecified atom stereocenters. The minimum Gasteiger partial charge on any atom is -0.756 e. The number of rotatable bonds is 3. The summed E-state index contributed by atoms with van der Waals surface area (Å²) in [6.07, 6.45) is 3.41. The summed E-state index contributed by atoms with van der Waals surface area (Å²) in [6.45, 7) is 2.14. The first-order valence-electron chi connectivity index (χ1n) is 6.46. The Labute approximate surface area is 111 Å². The first-order valence-corrected chi connectivity index (χ1v) is 6.46. The molecule has 0 amide bonds. The van der Waals surface area contributed by atoms with Gasteiger partial charge in [-0.3, -0.25) is 4.98 Å². The summed E-state index contributed by atoms with van der Waals surface area (Å²) in [7, 11) is 0. The van der Waals surface area contributed by atoms with Gasteiger partial charge in [0.15, 0.2) is 6.73 Å². The fourth-order valence-electron chi connectivity index (χ4n) is 2.40. The van der Waals surface area contributed by atoms with Crippen LogP contribution < -0.4 is 0 Å². The van der Waals surface area contributed by atoms with E-state index in [1.165, 1.54) is 0 Å². The highest BCUT2D eigenvalue weighted by atomic mass is 16.6. The molecule has 0 fully saturated rings. The first kappa shape index (κ1) is 12.0. The third-order valence-corrected chi connectivity index (χ3v) is 3.27. The Morgan fingerprint density at radius 1 is 1.32 bits per heavy atom. The van der Waals surface area contributed by atoms with E-state index >= 15 is 0 Å². The Kier molecular flexibility index (Phi) is 3.09. The highest BCUT2D eigenvalue weighted by Crippen LogP contribution is 2.34. The monoisotopic (exact) mass is 255 g/mol. The molecule has 19 heavy (non-hydrogen) atoms. The van der Waals surface area contributed by atoms with E-state index in [1.807, 2.05) is 30.3 Å². The predicted molar refractivity (Wildman–Crippen MR) is 74.7 cm³/mol. The lowest BCUT2D eigenvalue weighted by molar-refractivity contribution is 0.215. The SMILES string of the molecule is CCCC1=C(c2ccnc3ccccc23)OCN1[O-]. The van der Waals surface area contributed by atoms with Crippen molar-refractivity contribution in [2.45, 2.75) is 19.8 Å². The fraction of sp³-hybridized carbons (Fsp3) is 0.267. The molecule has 0 saturated heterocycles. The van der Waals surface area contributed by atoms with Gasteiger partial charge in [0.25, 0.3) is 0 Å². The third-order valence-electron chi connectivity index (χ3n) is 3.27. The van der Waals surface area contributed by atoms with Gasteiger partial charge in [-0.15, -0.1) is 0 Å². The Balaban J connectivity index is 2.18. The molecule has 0 saturated carbocycles. The fourth-order valence-corrected chi connectivity index (χ4v) is 2.40. The van der Waals surface area contributed by atoms with E-state index in [-0.39, 0.29) is 6.73 Å². The van der Waals surface area contributed by atoms with Gasteiger partial charge in [0.2, 0.25) is 0 Å². The number of hydrogen-bond donors (Lipinski definition) is 0. The zero-order chi connectivity index (χ0) is 13.2. The maximum atomic E-state index is 11.8. The van der Waals surface area contributed by atoms with Crippen molar-refractivity contribution in [1.82, 2.24) is 10.0 Å². The highest BCUT2D eigenvalue weighted by Gasteiger charge is 2.20. The van der Waals surface area contributed by atoms with Crippen LogP contribution in [0, 0.1) is 5.21 Å². The number of para-hydroxylation sites is 1. The van der Waals surface area contributed by atoms with Gasteiger partial charge in [-0.2, -0.15) is 0 Å². The van der Waals surface area contributed by atoms with Crippen molar-refractivity contribution >= 4 is 16.7 Å². The van der Waals surface area contributed by atoms with E-state index in [9.17, 15) is 5.21 Å². The van der Waals surface area contributed by atoms with Crippen LogP contribution in [-0.2, 0) is 4.74 Å². The molecule has 1 aliphatic heterocycles. The molecule has 98 valence electrons. The topological polar surface area (TPSA) is 48.4 Å². The molecule has 1 aliphatic rings. The van der Waals surface area contributed by atoms with Crippen LogP contribution in [0.2, 0.25) is 0 Å². The smallest absolute Gasteiger partial charge is 0.151 e. The number of allylic oxidation sites excluding steroid dienone is 1. The van der Waals surface area contributed by atoms with E-state index < -0.39 is 0 Å². The first-order chi connectivity index (χ1) is 9.31. The Morgan fingerprint density at radius 3 is 3.00 bits per heavy atom. The number of hydroxylamine groups is 2. The van der Waals surface area contributed by atoms with Crippen molar-refractivity contribution in [2.75, 3.05) is 6.73 Å². The maximum absolute atomic E-state index is 11.8. The van der Waals surface area contributed by atoms with Gasteiger partial charge >= 0.3 is 0 Å². The second-order valence-electron chi connectivity index (χ2n) is 4.55. The van der Waals surface area contributed by atoms with Crippen molar-refractivity contribution in [2.24, 2.45) is 0 Å². The summed E-state index contributed by atoms with van der Waals surface area (Å²) >= 11 is 0. The number of aromatic nitrogens is 1. The van der Waals surface area contributed by atoms with Crippen molar-refractivity contribution in [3.05, 3.63) is 53.0 Å². The lowest BCUT2D eigenvalue weighted by Crippen LogP contribution is -2.10. The molecule has 0 spiro atoms. The molecule has 3 rings (SSSR count). The van der Waals surface area contributed by atoms with E-state index in [2.05, 4.69) is 11.9 Å². The summed E-state index contributed by atoms with van der Waals surface area (Å²) in [5.74, 6) is 0.704. The zero-order valence-corrected chi connectivity index (χ0v) is 10.8. The van der Waals surface area contributed by atoms with Crippen LogP contribution in [0.25, 0.3) is 16.7 Å². The number of benzene rings is 1. The van der Waals surface area contributed by atoms with Gasteiger partial charge < -0.3 is 15.0 Å². The standard InChI is InChI=1S/C15H15N2O2/c1-2-5-14-15(19-10-17(14)18)12-8-9-16-13-7-4-3-6-11(12)13/h3-4,6-9H,2,5,10H2,1H3/q-1. The van der Waals surface area contributed by atoms with Gasteiger partial charge in [-0.25, -0.2) is 0 Å². The molecule has 1 aromatic heterocycles. The average molecular weight is 255 g/mol. The Bertz CT molecular complexity index is 632. The summed E-state index contributed by atoms with van der Waals surface area (Å²) in [6, 6.07) is 9.80. The minimum absolute atomic E-state index is 0.0846. The Morgan fingerprint density at radius 2 is 2.16 bits per heavy atom. The summed E-state index contributed by atoms with van der Waals surface area (Å²) in [5.41, 5.74) is 2.60. The van der Waals surface area contributed by atoms with Crippen LogP contribution in [0.4, 0.5) is 0 Å². The maximum Gasteiger partial charge on any atom is 0.151 e. The van der Waals surface area contributed by atoms with Crippen molar-refractivity contribution in [1.29, 1.82) is 0 Å². The van der Waals surface area contributed by atoms with Gasteiger partial charge in [0, 0.05) is 22.8 Å². The van der Waals surface area contributed by atoms with Gasteiger partial charge in [-0.05, 0) is 18.6 Å². The number of fused-ring (bicyclic) bond motifs is 1. The number of pyridine rings is 1. The normalized spacial score (nSPS) is 15.2. The second kappa shape index (κ2) is 4.90. The number of nitrogens with zero attached hydrogens (tertiary/aromatic N) is 2. The largest absolute Gasteiger partial charge is 0.756 e. The van der Waals surface area contributed by atoms with Crippen molar-refractivity contribution in [3.8, 4) is 0 Å². The van der Waals surface area contributed by atoms with Crippen LogP contribution in [0.15, 0.2) is 42.2 Å². The number of hydrogen-bond acceptors (Lipinski definition) is 4. The van der Waals surface area contributed by atoms with Gasteiger partial charge in [-0.1, -0.05) is 31.5 Å². The van der Waals surface area contributed by atoms with E-state index in [0.29, 0.717) is 5.76 Å². The highest BCUT2D eigenvalue weighted by molar-refractivity contribution is 5.90. The van der Waals surface area contributed by atoms with E-state index in [1.54, 1.807) is 6.20 Å². The Hall–Kier alpha value is -2.07. The van der Waals surface area contributed by atoms with Crippen LogP contribution in [0.5, 0.6) is 0 Å². The molecular formula is C15H15N2O2-. The summed E-state index contributed by atoms with van der Waals surface area (Å²) in [5, 5.41) is 13.8. The molecule has 4 heteroatoms. The molecule has 2 heterocycles. The van der Waals surface area contributed by atoms with Crippen LogP contribution in [-0.4, -0.2) is 16.8 Å². The molecule has 0 aliphatic carbocycles. The van der Waals surface area contributed by atoms with Crippen molar-refractivity contribution in [3.63, 3.8) is 0 Å². The third kappa shape index (κ3) is 2.04. The van der Waals surface area contributed by atoms with Crippen LogP contribution in [0.1, 0.15) is 25.3 Å². The van der Waals surface area contributed by atoms with Crippen LogP contribution >= 0.6 is 0 Å².